The van der Waals surface area contributed by atoms with Crippen molar-refractivity contribution in [1.29, 1.82) is 0 Å². The molecule has 0 fully saturated rings. The predicted molar refractivity (Wildman–Crippen MR) is 106 cm³/mol. The van der Waals surface area contributed by atoms with E-state index in [-0.39, 0.29) is 5.56 Å². The van der Waals surface area contributed by atoms with Crippen molar-refractivity contribution in [2.45, 2.75) is 32.3 Å². The molecule has 0 N–H and O–H groups in total. The molecule has 30 heavy (non-hydrogen) atoms. The molecule has 0 bridgehead atoms. The van der Waals surface area contributed by atoms with E-state index in [0.717, 1.165) is 12.1 Å². The van der Waals surface area contributed by atoms with Gasteiger partial charge in [0, 0.05) is 23.9 Å². The van der Waals surface area contributed by atoms with Crippen molar-refractivity contribution in [3.05, 3.63) is 94.5 Å². The Labute approximate surface area is 176 Å². The van der Waals surface area contributed by atoms with Gasteiger partial charge in [-0.05, 0) is 36.8 Å². The summed E-state index contributed by atoms with van der Waals surface area (Å²) in [6.45, 7) is 3.74. The highest BCUT2D eigenvalue weighted by molar-refractivity contribution is 6.30. The van der Waals surface area contributed by atoms with Gasteiger partial charge in [-0.1, -0.05) is 54.4 Å². The number of halogens is 6. The minimum absolute atomic E-state index is 0.250. The molecular weight excluding hydrogens is 425 g/mol. The largest absolute Gasteiger partial charge is 0.461 e. The lowest BCUT2D eigenvalue weighted by molar-refractivity contribution is -0.253. The third kappa shape index (κ3) is 6.99. The summed E-state index contributed by atoms with van der Waals surface area (Å²) in [4.78, 5) is 4.05. The van der Waals surface area contributed by atoms with Gasteiger partial charge in [-0.3, -0.25) is 4.98 Å². The van der Waals surface area contributed by atoms with E-state index in [1.807, 2.05) is 18.2 Å². The Morgan fingerprint density at radius 3 is 2.17 bits per heavy atom. The van der Waals surface area contributed by atoms with E-state index in [4.69, 9.17) is 11.6 Å². The summed E-state index contributed by atoms with van der Waals surface area (Å²) in [5, 5.41) is 0.404. The summed E-state index contributed by atoms with van der Waals surface area (Å²) < 4.78 is 67.7. The number of nitrogens with zero attached hydrogens (tertiary/aromatic N) is 1. The van der Waals surface area contributed by atoms with Gasteiger partial charge in [-0.15, -0.1) is 0 Å². The van der Waals surface area contributed by atoms with Crippen LogP contribution in [0.5, 0.6) is 5.75 Å². The van der Waals surface area contributed by atoms with Crippen molar-refractivity contribution in [3.8, 4) is 5.75 Å². The van der Waals surface area contributed by atoms with E-state index in [1.165, 1.54) is 11.8 Å². The summed E-state index contributed by atoms with van der Waals surface area (Å²) >= 11 is 5.72. The third-order valence-electron chi connectivity index (χ3n) is 4.04. The zero-order valence-corrected chi connectivity index (χ0v) is 16.9. The minimum Gasteiger partial charge on any atom is -0.428 e. The van der Waals surface area contributed by atoms with E-state index in [2.05, 4.69) is 28.8 Å². The Balaban J connectivity index is 0.000000386. The van der Waals surface area contributed by atoms with Crippen molar-refractivity contribution in [2.75, 3.05) is 0 Å². The summed E-state index contributed by atoms with van der Waals surface area (Å²) in [5.74, 6) is -2.06. The van der Waals surface area contributed by atoms with Crippen molar-refractivity contribution < 1.29 is 26.7 Å². The average Bonchev–Trinajstić information content (AvgIpc) is 2.68. The van der Waals surface area contributed by atoms with Gasteiger partial charge in [-0.2, -0.15) is 17.6 Å². The van der Waals surface area contributed by atoms with Crippen molar-refractivity contribution >= 4 is 11.6 Å². The first-order valence-corrected chi connectivity index (χ1v) is 9.25. The van der Waals surface area contributed by atoms with Crippen molar-refractivity contribution in [2.24, 2.45) is 0 Å². The first-order chi connectivity index (χ1) is 14.1. The molecule has 0 saturated heterocycles. The van der Waals surface area contributed by atoms with Gasteiger partial charge in [0.1, 0.15) is 11.6 Å². The second-order valence-corrected chi connectivity index (χ2v) is 6.90. The van der Waals surface area contributed by atoms with Crippen LogP contribution in [0, 0.1) is 12.7 Å². The number of pyridine rings is 1. The van der Waals surface area contributed by atoms with E-state index in [0.29, 0.717) is 16.8 Å². The summed E-state index contributed by atoms with van der Waals surface area (Å²) in [5.41, 5.74) is 2.08. The Hall–Kier alpha value is -2.67. The highest BCUT2D eigenvalue weighted by Crippen LogP contribution is 2.32. The highest BCUT2D eigenvalue weighted by atomic mass is 35.5. The Morgan fingerprint density at radius 1 is 1.00 bits per heavy atom. The van der Waals surface area contributed by atoms with Crippen LogP contribution in [0.1, 0.15) is 29.7 Å². The number of hydrogen-bond donors (Lipinski definition) is 0. The molecule has 8 heteroatoms. The summed E-state index contributed by atoms with van der Waals surface area (Å²) in [6.07, 6.45) is -7.34. The molecule has 1 unspecified atom stereocenters. The van der Waals surface area contributed by atoms with Crippen LogP contribution in [-0.2, 0) is 0 Å². The maximum absolute atomic E-state index is 13.6. The van der Waals surface area contributed by atoms with Crippen LogP contribution in [0.4, 0.5) is 22.0 Å². The van der Waals surface area contributed by atoms with E-state index in [9.17, 15) is 22.0 Å². The lowest BCUT2D eigenvalue weighted by atomic mass is 9.97. The van der Waals surface area contributed by atoms with Crippen LogP contribution in [0.2, 0.25) is 5.02 Å². The number of aromatic nitrogens is 1. The quantitative estimate of drug-likeness (QED) is 0.387. The van der Waals surface area contributed by atoms with Gasteiger partial charge in [-0.25, -0.2) is 4.39 Å². The molecule has 0 amide bonds. The molecule has 0 saturated carbocycles. The third-order valence-corrected chi connectivity index (χ3v) is 4.26. The van der Waals surface area contributed by atoms with Gasteiger partial charge in [0.2, 0.25) is 0 Å². The molecular formula is C22H19ClF5NO. The van der Waals surface area contributed by atoms with Crippen LogP contribution < -0.4 is 4.74 Å². The number of benzene rings is 2. The molecule has 1 aromatic heterocycles. The molecule has 1 atom stereocenters. The average molecular weight is 444 g/mol. The van der Waals surface area contributed by atoms with Crippen molar-refractivity contribution in [3.63, 3.8) is 0 Å². The number of hydrogen-bond acceptors (Lipinski definition) is 2. The predicted octanol–water partition coefficient (Wildman–Crippen LogP) is 7.26. The van der Waals surface area contributed by atoms with E-state index in [1.54, 1.807) is 19.1 Å². The minimum atomic E-state index is -4.70. The standard InChI is InChI=1S/C15H11ClF5NO.C7H8/c1-8(13-3-2-10(16)7-22-13)9-4-11(17)6-12(5-9)23-15(20,21)14(18)19;1-7-5-3-2-4-6-7/h2-8,14H,1H3;2-6H,1H3. The Bertz CT molecular complexity index is 936. The first-order valence-electron chi connectivity index (χ1n) is 8.87. The number of rotatable bonds is 5. The molecule has 0 spiro atoms. The molecule has 3 aromatic rings. The second kappa shape index (κ2) is 10.4. The van der Waals surface area contributed by atoms with E-state index < -0.39 is 30.0 Å². The normalized spacial score (nSPS) is 12.2. The lowest BCUT2D eigenvalue weighted by Crippen LogP contribution is -2.33. The summed E-state index contributed by atoms with van der Waals surface area (Å²) in [6, 6.07) is 16.2. The maximum atomic E-state index is 13.6. The van der Waals surface area contributed by atoms with Crippen LogP contribution >= 0.6 is 11.6 Å². The molecule has 0 aliphatic carbocycles. The van der Waals surface area contributed by atoms with E-state index >= 15 is 0 Å². The first kappa shape index (κ1) is 23.6. The molecule has 0 aliphatic rings. The molecule has 0 radical (unpaired) electrons. The van der Waals surface area contributed by atoms with Crippen LogP contribution in [0.15, 0.2) is 66.9 Å². The number of ether oxygens (including phenoxy) is 1. The Kier molecular flexibility index (Phi) is 8.17. The zero-order valence-electron chi connectivity index (χ0n) is 16.1. The summed E-state index contributed by atoms with van der Waals surface area (Å²) in [7, 11) is 0. The van der Waals surface area contributed by atoms with Gasteiger partial charge in [0.15, 0.2) is 0 Å². The number of alkyl halides is 4. The fourth-order valence-electron chi connectivity index (χ4n) is 2.44. The molecule has 3 rings (SSSR count). The van der Waals surface area contributed by atoms with Crippen LogP contribution in [0.25, 0.3) is 0 Å². The zero-order chi connectivity index (χ0) is 22.3. The fourth-order valence-corrected chi connectivity index (χ4v) is 2.56. The van der Waals surface area contributed by atoms with Crippen LogP contribution in [-0.4, -0.2) is 17.5 Å². The molecule has 1 heterocycles. The van der Waals surface area contributed by atoms with Crippen molar-refractivity contribution in [1.82, 2.24) is 4.98 Å². The van der Waals surface area contributed by atoms with Gasteiger partial charge in [0.25, 0.3) is 0 Å². The molecule has 2 nitrogen and oxygen atoms in total. The smallest absolute Gasteiger partial charge is 0.428 e. The molecule has 160 valence electrons. The lowest BCUT2D eigenvalue weighted by Gasteiger charge is -2.18. The van der Waals surface area contributed by atoms with Gasteiger partial charge in [0.05, 0.1) is 5.02 Å². The number of aryl methyl sites for hydroxylation is 1. The molecule has 2 aromatic carbocycles. The topological polar surface area (TPSA) is 22.1 Å². The molecule has 0 aliphatic heterocycles. The SMILES string of the molecule is CC(c1cc(F)cc(OC(F)(F)C(F)F)c1)c1ccc(Cl)cn1.Cc1ccccc1. The highest BCUT2D eigenvalue weighted by Gasteiger charge is 2.44. The van der Waals surface area contributed by atoms with Crippen LogP contribution in [0.3, 0.4) is 0 Å². The fraction of sp³-hybridized carbons (Fsp3) is 0.227. The van der Waals surface area contributed by atoms with Gasteiger partial charge < -0.3 is 4.74 Å². The maximum Gasteiger partial charge on any atom is 0.461 e. The monoisotopic (exact) mass is 443 g/mol. The second-order valence-electron chi connectivity index (χ2n) is 6.46. The Morgan fingerprint density at radius 2 is 1.67 bits per heavy atom. The van der Waals surface area contributed by atoms with Gasteiger partial charge >= 0.3 is 12.5 Å².